The molecule has 0 saturated heterocycles. The Hall–Kier alpha value is -2.63. The monoisotopic (exact) mass is 318 g/mol. The summed E-state index contributed by atoms with van der Waals surface area (Å²) in [6, 6.07) is 8.64. The summed E-state index contributed by atoms with van der Waals surface area (Å²) in [5, 5.41) is 0.716. The van der Waals surface area contributed by atoms with Gasteiger partial charge in [0.15, 0.2) is 5.92 Å². The summed E-state index contributed by atoms with van der Waals surface area (Å²) >= 11 is 0. The summed E-state index contributed by atoms with van der Waals surface area (Å²) in [6.07, 6.45) is -0.120. The third-order valence-electron chi connectivity index (χ3n) is 3.28. The van der Waals surface area contributed by atoms with Crippen molar-refractivity contribution in [2.45, 2.75) is 20.3 Å². The van der Waals surface area contributed by atoms with Crippen LogP contribution in [0.1, 0.15) is 19.4 Å². The van der Waals surface area contributed by atoms with E-state index < -0.39 is 23.5 Å². The topological polar surface area (TPSA) is 82.8 Å². The minimum Gasteiger partial charge on any atom is -0.465 e. The van der Waals surface area contributed by atoms with Crippen LogP contribution in [0.4, 0.5) is 0 Å². The third kappa shape index (κ3) is 3.97. The average molecular weight is 318 g/mol. The van der Waals surface area contributed by atoms with Gasteiger partial charge in [-0.25, -0.2) is 4.79 Å². The standard InChI is InChI=1S/C17H18O6/c1-3-21-16(19)13(17(20)22-4-2)10-12-9-11-7-5-6-8-14(11)23-15(12)18/h5-9,13H,3-4,10H2,1-2H3. The van der Waals surface area contributed by atoms with Crippen molar-refractivity contribution >= 4 is 22.9 Å². The molecule has 0 unspecified atom stereocenters. The van der Waals surface area contributed by atoms with Crippen molar-refractivity contribution in [3.63, 3.8) is 0 Å². The Labute approximate surface area is 133 Å². The quantitative estimate of drug-likeness (QED) is 0.461. The van der Waals surface area contributed by atoms with Crippen LogP contribution in [0.5, 0.6) is 0 Å². The van der Waals surface area contributed by atoms with Crippen LogP contribution < -0.4 is 5.63 Å². The van der Waals surface area contributed by atoms with E-state index in [0.29, 0.717) is 11.0 Å². The molecule has 0 aliphatic carbocycles. The summed E-state index contributed by atoms with van der Waals surface area (Å²) in [5.74, 6) is -2.60. The number of hydrogen-bond acceptors (Lipinski definition) is 6. The average Bonchev–Trinajstić information content (AvgIpc) is 2.53. The molecule has 1 heterocycles. The first-order valence-electron chi connectivity index (χ1n) is 7.41. The van der Waals surface area contributed by atoms with Crippen LogP contribution >= 0.6 is 0 Å². The predicted octanol–water partition coefficient (Wildman–Crippen LogP) is 2.08. The molecule has 0 bridgehead atoms. The molecule has 0 N–H and O–H groups in total. The van der Waals surface area contributed by atoms with Crippen LogP contribution in [0.15, 0.2) is 39.5 Å². The van der Waals surface area contributed by atoms with Gasteiger partial charge in [0.2, 0.25) is 0 Å². The largest absolute Gasteiger partial charge is 0.465 e. The van der Waals surface area contributed by atoms with Gasteiger partial charge in [-0.3, -0.25) is 9.59 Å². The molecule has 1 aromatic heterocycles. The number of carbonyl (C=O) groups excluding carboxylic acids is 2. The van der Waals surface area contributed by atoms with E-state index in [9.17, 15) is 14.4 Å². The molecular formula is C17H18O6. The summed E-state index contributed by atoms with van der Waals surface area (Å²) < 4.78 is 15.0. The van der Waals surface area contributed by atoms with E-state index in [1.807, 2.05) is 0 Å². The second-order valence-electron chi connectivity index (χ2n) is 4.86. The minimum atomic E-state index is -1.18. The van der Waals surface area contributed by atoms with E-state index in [2.05, 4.69) is 0 Å². The van der Waals surface area contributed by atoms with Crippen molar-refractivity contribution in [1.82, 2.24) is 0 Å². The highest BCUT2D eigenvalue weighted by Crippen LogP contribution is 2.16. The molecule has 2 rings (SSSR count). The fourth-order valence-electron chi connectivity index (χ4n) is 2.22. The highest BCUT2D eigenvalue weighted by atomic mass is 16.6. The Bertz CT molecular complexity index is 743. The van der Waals surface area contributed by atoms with Crippen molar-refractivity contribution in [1.29, 1.82) is 0 Å². The molecule has 0 saturated carbocycles. The number of ether oxygens (including phenoxy) is 2. The van der Waals surface area contributed by atoms with Crippen molar-refractivity contribution in [3.05, 3.63) is 46.3 Å². The number of hydrogen-bond donors (Lipinski definition) is 0. The van der Waals surface area contributed by atoms with E-state index in [1.165, 1.54) is 0 Å². The number of carbonyl (C=O) groups is 2. The molecule has 0 aliphatic rings. The molecule has 122 valence electrons. The second kappa shape index (κ2) is 7.58. The Morgan fingerprint density at radius 2 is 1.70 bits per heavy atom. The highest BCUT2D eigenvalue weighted by molar-refractivity contribution is 5.95. The number of para-hydroxylation sites is 1. The summed E-state index contributed by atoms with van der Waals surface area (Å²) in [5.41, 5.74) is 0.0992. The summed E-state index contributed by atoms with van der Waals surface area (Å²) in [6.45, 7) is 3.57. The molecule has 0 radical (unpaired) electrons. The lowest BCUT2D eigenvalue weighted by atomic mass is 10.00. The maximum Gasteiger partial charge on any atom is 0.339 e. The van der Waals surface area contributed by atoms with Gasteiger partial charge in [0.25, 0.3) is 0 Å². The van der Waals surface area contributed by atoms with Gasteiger partial charge in [0.1, 0.15) is 5.58 Å². The second-order valence-corrected chi connectivity index (χ2v) is 4.86. The lowest BCUT2D eigenvalue weighted by Gasteiger charge is -2.14. The molecular weight excluding hydrogens is 300 g/mol. The predicted molar refractivity (Wildman–Crippen MR) is 82.9 cm³/mol. The fraction of sp³-hybridized carbons (Fsp3) is 0.353. The molecule has 0 aliphatic heterocycles. The van der Waals surface area contributed by atoms with Crippen molar-refractivity contribution in [2.75, 3.05) is 13.2 Å². The number of esters is 2. The molecule has 1 aromatic carbocycles. The van der Waals surface area contributed by atoms with Crippen LogP contribution in [0, 0.1) is 5.92 Å². The molecule has 6 heteroatoms. The van der Waals surface area contributed by atoms with Crippen LogP contribution in [-0.4, -0.2) is 25.2 Å². The fourth-order valence-corrected chi connectivity index (χ4v) is 2.22. The molecule has 23 heavy (non-hydrogen) atoms. The molecule has 0 amide bonds. The van der Waals surface area contributed by atoms with E-state index in [-0.39, 0.29) is 25.2 Å². The van der Waals surface area contributed by atoms with Gasteiger partial charge in [0.05, 0.1) is 13.2 Å². The van der Waals surface area contributed by atoms with Crippen LogP contribution in [0.2, 0.25) is 0 Å². The van der Waals surface area contributed by atoms with Crippen LogP contribution in [0.3, 0.4) is 0 Å². The smallest absolute Gasteiger partial charge is 0.339 e. The number of benzene rings is 1. The Balaban J connectivity index is 2.35. The van der Waals surface area contributed by atoms with Gasteiger partial charge in [-0.15, -0.1) is 0 Å². The zero-order valence-electron chi connectivity index (χ0n) is 13.0. The van der Waals surface area contributed by atoms with Crippen LogP contribution in [-0.2, 0) is 25.5 Å². The molecule has 6 nitrogen and oxygen atoms in total. The maximum atomic E-state index is 12.1. The van der Waals surface area contributed by atoms with Gasteiger partial charge in [0, 0.05) is 17.4 Å². The number of fused-ring (bicyclic) bond motifs is 1. The van der Waals surface area contributed by atoms with Crippen LogP contribution in [0.25, 0.3) is 11.0 Å². The maximum absolute atomic E-state index is 12.1. The first-order chi connectivity index (χ1) is 11.1. The van der Waals surface area contributed by atoms with Gasteiger partial charge in [-0.1, -0.05) is 18.2 Å². The van der Waals surface area contributed by atoms with E-state index in [1.54, 1.807) is 44.2 Å². The van der Waals surface area contributed by atoms with Crippen molar-refractivity contribution in [2.24, 2.45) is 5.92 Å². The summed E-state index contributed by atoms with van der Waals surface area (Å²) in [7, 11) is 0. The lowest BCUT2D eigenvalue weighted by Crippen LogP contribution is -2.31. The van der Waals surface area contributed by atoms with E-state index >= 15 is 0 Å². The Morgan fingerprint density at radius 3 is 2.30 bits per heavy atom. The summed E-state index contributed by atoms with van der Waals surface area (Å²) in [4.78, 5) is 36.0. The first kappa shape index (κ1) is 16.7. The zero-order valence-corrected chi connectivity index (χ0v) is 13.0. The molecule has 0 spiro atoms. The van der Waals surface area contributed by atoms with E-state index in [4.69, 9.17) is 13.9 Å². The van der Waals surface area contributed by atoms with Crippen molar-refractivity contribution < 1.29 is 23.5 Å². The van der Waals surface area contributed by atoms with Gasteiger partial charge < -0.3 is 13.9 Å². The molecule has 0 atom stereocenters. The van der Waals surface area contributed by atoms with Crippen molar-refractivity contribution in [3.8, 4) is 0 Å². The number of rotatable bonds is 6. The lowest BCUT2D eigenvalue weighted by molar-refractivity contribution is -0.161. The SMILES string of the molecule is CCOC(=O)C(Cc1cc2ccccc2oc1=O)C(=O)OCC. The normalized spacial score (nSPS) is 10.7. The Morgan fingerprint density at radius 1 is 1.09 bits per heavy atom. The van der Waals surface area contributed by atoms with E-state index in [0.717, 1.165) is 0 Å². The van der Waals surface area contributed by atoms with Gasteiger partial charge >= 0.3 is 17.6 Å². The third-order valence-corrected chi connectivity index (χ3v) is 3.28. The molecule has 0 fully saturated rings. The van der Waals surface area contributed by atoms with Gasteiger partial charge in [-0.2, -0.15) is 0 Å². The zero-order chi connectivity index (χ0) is 16.8. The first-order valence-corrected chi connectivity index (χ1v) is 7.41. The Kier molecular flexibility index (Phi) is 5.51. The highest BCUT2D eigenvalue weighted by Gasteiger charge is 2.31. The molecule has 2 aromatic rings. The van der Waals surface area contributed by atoms with Gasteiger partial charge in [-0.05, 0) is 26.0 Å². The minimum absolute atomic E-state index is 0.120.